The maximum atomic E-state index is 12.8. The first-order valence-corrected chi connectivity index (χ1v) is 10.4. The number of benzene rings is 3. The lowest BCUT2D eigenvalue weighted by atomic mass is 10.0. The Labute approximate surface area is 194 Å². The highest BCUT2D eigenvalue weighted by Crippen LogP contribution is 2.38. The van der Waals surface area contributed by atoms with Crippen LogP contribution in [-0.2, 0) is 0 Å². The number of azo groups is 1. The lowest BCUT2D eigenvalue weighted by Crippen LogP contribution is -2.21. The Hall–Kier alpha value is -4.66. The molecule has 0 aliphatic carbocycles. The van der Waals surface area contributed by atoms with E-state index in [0.29, 0.717) is 22.6 Å². The van der Waals surface area contributed by atoms with Gasteiger partial charge in [0.25, 0.3) is 0 Å². The van der Waals surface area contributed by atoms with Crippen molar-refractivity contribution in [3.63, 3.8) is 0 Å². The number of aromatic hydroxyl groups is 1. The molecule has 0 aliphatic heterocycles. The number of carboxylic acids is 1. The molecule has 0 aliphatic rings. The van der Waals surface area contributed by atoms with Crippen LogP contribution >= 0.6 is 0 Å². The molecule has 0 amide bonds. The molecule has 4 aromatic rings. The van der Waals surface area contributed by atoms with Crippen LogP contribution in [0.15, 0.2) is 75.7 Å². The van der Waals surface area contributed by atoms with Gasteiger partial charge in [0.1, 0.15) is 5.69 Å². The number of carbonyl (C=O) groups is 1. The second-order valence-electron chi connectivity index (χ2n) is 7.78. The van der Waals surface area contributed by atoms with E-state index in [1.807, 2.05) is 26.0 Å². The number of hydrogen-bond donors (Lipinski definition) is 3. The fraction of sp³-hybridized carbons (Fsp3) is 0.120. The molecule has 3 N–H and O–H groups in total. The minimum atomic E-state index is -1.07. The van der Waals surface area contributed by atoms with Crippen molar-refractivity contribution in [2.24, 2.45) is 10.2 Å². The molecule has 0 fully saturated rings. The highest BCUT2D eigenvalue weighted by Gasteiger charge is 2.15. The van der Waals surface area contributed by atoms with Crippen molar-refractivity contribution in [2.75, 3.05) is 0 Å². The summed E-state index contributed by atoms with van der Waals surface area (Å²) in [5, 5.41) is 30.8. The molecule has 0 saturated heterocycles. The zero-order valence-electron chi connectivity index (χ0n) is 18.7. The summed E-state index contributed by atoms with van der Waals surface area (Å²) >= 11 is 0. The summed E-state index contributed by atoms with van der Waals surface area (Å²) < 4.78 is 0. The van der Waals surface area contributed by atoms with Gasteiger partial charge < -0.3 is 15.1 Å². The van der Waals surface area contributed by atoms with Gasteiger partial charge >= 0.3 is 11.5 Å². The molecule has 0 saturated carbocycles. The van der Waals surface area contributed by atoms with Crippen LogP contribution in [0.5, 0.6) is 11.5 Å². The van der Waals surface area contributed by atoms with Gasteiger partial charge in [-0.25, -0.2) is 4.79 Å². The van der Waals surface area contributed by atoms with Gasteiger partial charge in [-0.3, -0.25) is 9.89 Å². The van der Waals surface area contributed by atoms with E-state index < -0.39 is 11.5 Å². The van der Waals surface area contributed by atoms with Gasteiger partial charge in [0.05, 0.1) is 11.3 Å². The average Bonchev–Trinajstić information content (AvgIpc) is 3.08. The largest absolute Gasteiger partial charge is 0.505 e. The van der Waals surface area contributed by atoms with Gasteiger partial charge in [-0.1, -0.05) is 35.2 Å². The number of phenolic OH excluding ortho intramolecular Hbond substituents is 1. The summed E-state index contributed by atoms with van der Waals surface area (Å²) in [6.07, 6.45) is 0. The van der Waals surface area contributed by atoms with Gasteiger partial charge in [-0.15, -0.1) is 10.2 Å². The Kier molecular flexibility index (Phi) is 6.01. The van der Waals surface area contributed by atoms with Crippen molar-refractivity contribution in [3.05, 3.63) is 93.4 Å². The van der Waals surface area contributed by atoms with Crippen LogP contribution in [0.2, 0.25) is 0 Å². The maximum absolute atomic E-state index is 12.8. The number of aromatic nitrogens is 2. The second-order valence-corrected chi connectivity index (χ2v) is 7.78. The monoisotopic (exact) mass is 458 g/mol. The maximum Gasteiger partial charge on any atom is 0.335 e. The number of hydrogen-bond acceptors (Lipinski definition) is 6. The molecule has 34 heavy (non-hydrogen) atoms. The molecule has 0 radical (unpaired) electrons. The second kappa shape index (κ2) is 9.07. The van der Waals surface area contributed by atoms with E-state index in [9.17, 15) is 19.8 Å². The lowest BCUT2D eigenvalue weighted by molar-refractivity contribution is 0.0697. The van der Waals surface area contributed by atoms with Crippen molar-refractivity contribution in [1.82, 2.24) is 9.94 Å². The predicted molar refractivity (Wildman–Crippen MR) is 126 cm³/mol. The summed E-state index contributed by atoms with van der Waals surface area (Å²) in [6, 6.07) is 16.5. The molecule has 0 bridgehead atoms. The molecule has 0 atom stereocenters. The van der Waals surface area contributed by atoms with E-state index in [1.54, 1.807) is 37.3 Å². The average molecular weight is 458 g/mol. The van der Waals surface area contributed by atoms with Crippen LogP contribution in [0.4, 0.5) is 11.4 Å². The van der Waals surface area contributed by atoms with E-state index >= 15 is 0 Å². The first kappa shape index (κ1) is 22.5. The minimum Gasteiger partial charge on any atom is -0.505 e. The molecule has 1 aromatic heterocycles. The highest BCUT2D eigenvalue weighted by molar-refractivity contribution is 5.90. The van der Waals surface area contributed by atoms with Crippen molar-refractivity contribution >= 4 is 17.3 Å². The van der Waals surface area contributed by atoms with Crippen LogP contribution in [0.3, 0.4) is 0 Å². The third-order valence-electron chi connectivity index (χ3n) is 5.38. The smallest absolute Gasteiger partial charge is 0.335 e. The number of carboxylic acid groups (broad SMARTS) is 1. The molecule has 4 rings (SSSR count). The molecule has 9 heteroatoms. The number of nitrogens with one attached hydrogen (secondary N) is 1. The quantitative estimate of drug-likeness (QED) is 0.332. The van der Waals surface area contributed by atoms with E-state index in [-0.39, 0.29) is 22.7 Å². The third kappa shape index (κ3) is 4.44. The first-order chi connectivity index (χ1) is 16.2. The topological polar surface area (TPSA) is 129 Å². The number of aromatic carboxylic acids is 1. The van der Waals surface area contributed by atoms with Gasteiger partial charge in [-0.05, 0) is 67.8 Å². The van der Waals surface area contributed by atoms with Crippen LogP contribution in [0.1, 0.15) is 27.2 Å². The fourth-order valence-corrected chi connectivity index (χ4v) is 3.34. The minimum absolute atomic E-state index is 0.0292. The van der Waals surface area contributed by atoms with Gasteiger partial charge in [0.2, 0.25) is 0 Å². The SMILES string of the molecule is Cc1ccc(On2[nH]c(C)c(N=Nc3cccc(-c4cccc(C(=O)O)c4)c3O)c2=O)cc1C. The molecule has 0 unspecified atom stereocenters. The molecule has 0 spiro atoms. The Morgan fingerprint density at radius 3 is 2.47 bits per heavy atom. The normalized spacial score (nSPS) is 11.1. The van der Waals surface area contributed by atoms with Crippen molar-refractivity contribution in [3.8, 4) is 22.6 Å². The zero-order chi connectivity index (χ0) is 24.4. The van der Waals surface area contributed by atoms with E-state index in [4.69, 9.17) is 4.84 Å². The Morgan fingerprint density at radius 1 is 0.971 bits per heavy atom. The van der Waals surface area contributed by atoms with Gasteiger partial charge in [0.15, 0.2) is 17.2 Å². The van der Waals surface area contributed by atoms with Crippen molar-refractivity contribution in [2.45, 2.75) is 20.8 Å². The Morgan fingerprint density at radius 2 is 1.74 bits per heavy atom. The molecule has 3 aromatic carbocycles. The fourth-order valence-electron chi connectivity index (χ4n) is 3.34. The highest BCUT2D eigenvalue weighted by atomic mass is 16.7. The molecular formula is C25H22N4O5. The molecular weight excluding hydrogens is 436 g/mol. The van der Waals surface area contributed by atoms with Gasteiger partial charge in [-0.2, -0.15) is 0 Å². The third-order valence-corrected chi connectivity index (χ3v) is 5.38. The molecule has 172 valence electrons. The van der Waals surface area contributed by atoms with Crippen molar-refractivity contribution in [1.29, 1.82) is 0 Å². The Bertz CT molecular complexity index is 1480. The van der Waals surface area contributed by atoms with Crippen molar-refractivity contribution < 1.29 is 19.8 Å². The predicted octanol–water partition coefficient (Wildman–Crippen LogP) is 5.43. The number of phenols is 1. The first-order valence-electron chi connectivity index (χ1n) is 10.4. The van der Waals surface area contributed by atoms with E-state index in [1.165, 1.54) is 18.2 Å². The number of rotatable bonds is 6. The van der Waals surface area contributed by atoms with E-state index in [2.05, 4.69) is 15.3 Å². The van der Waals surface area contributed by atoms with Crippen LogP contribution in [0.25, 0.3) is 11.1 Å². The zero-order valence-corrected chi connectivity index (χ0v) is 18.7. The summed E-state index contributed by atoms with van der Waals surface area (Å²) in [5.41, 5.74) is 3.17. The lowest BCUT2D eigenvalue weighted by Gasteiger charge is -2.07. The van der Waals surface area contributed by atoms with Crippen LogP contribution in [-0.4, -0.2) is 26.1 Å². The number of H-pyrrole nitrogens is 1. The molecule has 9 nitrogen and oxygen atoms in total. The summed E-state index contributed by atoms with van der Waals surface area (Å²) in [5.74, 6) is -0.767. The number of para-hydroxylation sites is 1. The number of aromatic amines is 1. The molecule has 1 heterocycles. The van der Waals surface area contributed by atoms with Gasteiger partial charge in [0, 0.05) is 5.56 Å². The standard InChI is InChI=1S/C25H22N4O5/c1-14-10-11-19(12-15(14)2)34-29-24(31)22(16(3)28-29)27-26-21-9-5-8-20(23(21)30)17-6-4-7-18(13-17)25(32)33/h4-13,28,30H,1-3H3,(H,32,33). The number of nitrogens with zero attached hydrogens (tertiary/aromatic N) is 3. The summed E-state index contributed by atoms with van der Waals surface area (Å²) in [7, 11) is 0. The Balaban J connectivity index is 1.64. The van der Waals surface area contributed by atoms with E-state index in [0.717, 1.165) is 16.0 Å². The van der Waals surface area contributed by atoms with Crippen LogP contribution in [0, 0.1) is 20.8 Å². The summed E-state index contributed by atoms with van der Waals surface area (Å²) in [4.78, 5) is 30.7. The van der Waals surface area contributed by atoms with Crippen LogP contribution < -0.4 is 10.4 Å². The summed E-state index contributed by atoms with van der Waals surface area (Å²) in [6.45, 7) is 5.59. The number of aryl methyl sites for hydroxylation is 3.